The first-order valence-electron chi connectivity index (χ1n) is 8.91. The zero-order valence-corrected chi connectivity index (χ0v) is 17.1. The summed E-state index contributed by atoms with van der Waals surface area (Å²) in [4.78, 5) is 25.9. The number of rotatable bonds is 5. The SMILES string of the molecule is Cl.N[C@@H](CC(=O)N1CCCCN1C(=O)c1cccs1)Cc1cc(F)c(F)cc1F. The highest BCUT2D eigenvalue weighted by molar-refractivity contribution is 7.12. The molecule has 3 rings (SSSR count). The molecule has 0 radical (unpaired) electrons. The van der Waals surface area contributed by atoms with Crippen LogP contribution in [-0.2, 0) is 11.2 Å². The summed E-state index contributed by atoms with van der Waals surface area (Å²) in [6.45, 7) is 0.817. The number of carbonyl (C=O) groups excluding carboxylic acids is 2. The monoisotopic (exact) mass is 447 g/mol. The van der Waals surface area contributed by atoms with Gasteiger partial charge in [0.2, 0.25) is 5.91 Å². The lowest BCUT2D eigenvalue weighted by atomic mass is 10.0. The Morgan fingerprint density at radius 2 is 1.72 bits per heavy atom. The zero-order chi connectivity index (χ0) is 20.3. The second kappa shape index (κ2) is 10.1. The average molecular weight is 448 g/mol. The molecule has 1 atom stereocenters. The minimum atomic E-state index is -1.28. The van der Waals surface area contributed by atoms with Crippen molar-refractivity contribution in [1.29, 1.82) is 0 Å². The molecule has 1 aromatic carbocycles. The van der Waals surface area contributed by atoms with Gasteiger partial charge in [-0.25, -0.2) is 18.2 Å². The van der Waals surface area contributed by atoms with Crippen molar-refractivity contribution in [2.45, 2.75) is 31.7 Å². The Hall–Kier alpha value is -2.10. The molecule has 1 saturated heterocycles. The van der Waals surface area contributed by atoms with Gasteiger partial charge in [-0.3, -0.25) is 14.6 Å². The van der Waals surface area contributed by atoms with Crippen molar-refractivity contribution in [3.63, 3.8) is 0 Å². The van der Waals surface area contributed by atoms with Crippen LogP contribution in [0.2, 0.25) is 0 Å². The van der Waals surface area contributed by atoms with Crippen molar-refractivity contribution in [2.24, 2.45) is 5.73 Å². The van der Waals surface area contributed by atoms with Crippen molar-refractivity contribution in [1.82, 2.24) is 10.0 Å². The molecular weight excluding hydrogens is 427 g/mol. The molecule has 1 aliphatic heterocycles. The van der Waals surface area contributed by atoms with E-state index in [2.05, 4.69) is 0 Å². The van der Waals surface area contributed by atoms with Crippen LogP contribution in [0.25, 0.3) is 0 Å². The van der Waals surface area contributed by atoms with E-state index in [0.717, 1.165) is 18.9 Å². The number of benzene rings is 1. The van der Waals surface area contributed by atoms with Gasteiger partial charge in [-0.05, 0) is 42.3 Å². The Bertz CT molecular complexity index is 867. The first kappa shape index (κ1) is 23.2. The number of amides is 2. The molecule has 1 aromatic heterocycles. The summed E-state index contributed by atoms with van der Waals surface area (Å²) in [5.74, 6) is -3.96. The predicted molar refractivity (Wildman–Crippen MR) is 106 cm³/mol. The number of nitrogens with zero attached hydrogens (tertiary/aromatic N) is 2. The molecule has 0 bridgehead atoms. The van der Waals surface area contributed by atoms with E-state index < -0.39 is 23.5 Å². The summed E-state index contributed by atoms with van der Waals surface area (Å²) in [6, 6.07) is 3.88. The highest BCUT2D eigenvalue weighted by atomic mass is 35.5. The van der Waals surface area contributed by atoms with Gasteiger partial charge in [-0.2, -0.15) is 0 Å². The molecule has 2 N–H and O–H groups in total. The third kappa shape index (κ3) is 5.49. The molecule has 1 fully saturated rings. The number of hydrazine groups is 1. The van der Waals surface area contributed by atoms with Crippen molar-refractivity contribution >= 4 is 35.6 Å². The van der Waals surface area contributed by atoms with Crippen LogP contribution in [0.1, 0.15) is 34.5 Å². The molecule has 10 heteroatoms. The van der Waals surface area contributed by atoms with Crippen LogP contribution in [0.4, 0.5) is 13.2 Å². The highest BCUT2D eigenvalue weighted by Crippen LogP contribution is 2.20. The quantitative estimate of drug-likeness (QED) is 0.713. The number of hydrogen-bond donors (Lipinski definition) is 1. The minimum Gasteiger partial charge on any atom is -0.327 e. The van der Waals surface area contributed by atoms with E-state index in [9.17, 15) is 22.8 Å². The zero-order valence-electron chi connectivity index (χ0n) is 15.4. The van der Waals surface area contributed by atoms with Crippen LogP contribution >= 0.6 is 23.7 Å². The number of hydrogen-bond acceptors (Lipinski definition) is 4. The van der Waals surface area contributed by atoms with Gasteiger partial charge in [0.05, 0.1) is 4.88 Å². The third-order valence-corrected chi connectivity index (χ3v) is 5.40. The second-order valence-electron chi connectivity index (χ2n) is 6.66. The summed E-state index contributed by atoms with van der Waals surface area (Å²) in [5.41, 5.74) is 5.86. The fourth-order valence-corrected chi connectivity index (χ4v) is 3.83. The number of carbonyl (C=O) groups is 2. The van der Waals surface area contributed by atoms with Crippen molar-refractivity contribution in [3.8, 4) is 0 Å². The van der Waals surface area contributed by atoms with E-state index in [4.69, 9.17) is 5.73 Å². The normalized spacial score (nSPS) is 15.0. The summed E-state index contributed by atoms with van der Waals surface area (Å²) >= 11 is 1.30. The van der Waals surface area contributed by atoms with Gasteiger partial charge in [0.1, 0.15) is 5.82 Å². The lowest BCUT2D eigenvalue weighted by Gasteiger charge is -2.38. The van der Waals surface area contributed by atoms with Crippen molar-refractivity contribution < 1.29 is 22.8 Å². The van der Waals surface area contributed by atoms with Gasteiger partial charge in [0.15, 0.2) is 11.6 Å². The fourth-order valence-electron chi connectivity index (χ4n) is 3.17. The lowest BCUT2D eigenvalue weighted by Crippen LogP contribution is -2.54. The maximum Gasteiger partial charge on any atom is 0.282 e. The second-order valence-corrected chi connectivity index (χ2v) is 7.60. The molecule has 0 unspecified atom stereocenters. The van der Waals surface area contributed by atoms with E-state index >= 15 is 0 Å². The molecule has 1 aliphatic rings. The predicted octanol–water partition coefficient (Wildman–Crippen LogP) is 3.53. The molecule has 2 amide bonds. The first-order valence-corrected chi connectivity index (χ1v) is 9.79. The summed E-state index contributed by atoms with van der Waals surface area (Å²) < 4.78 is 40.2. The lowest BCUT2D eigenvalue weighted by molar-refractivity contribution is -0.148. The Balaban J connectivity index is 0.00000300. The summed E-state index contributed by atoms with van der Waals surface area (Å²) in [5, 5.41) is 4.59. The molecule has 29 heavy (non-hydrogen) atoms. The van der Waals surface area contributed by atoms with Gasteiger partial charge in [-0.15, -0.1) is 23.7 Å². The first-order chi connectivity index (χ1) is 13.4. The molecule has 0 spiro atoms. The minimum absolute atomic E-state index is 0. The smallest absolute Gasteiger partial charge is 0.282 e. The Morgan fingerprint density at radius 1 is 1.07 bits per heavy atom. The van der Waals surface area contributed by atoms with E-state index in [1.165, 1.54) is 21.4 Å². The van der Waals surface area contributed by atoms with Crippen molar-refractivity contribution in [3.05, 3.63) is 57.5 Å². The van der Waals surface area contributed by atoms with Crippen LogP contribution < -0.4 is 5.73 Å². The number of nitrogens with two attached hydrogens (primary N) is 1. The van der Waals surface area contributed by atoms with Crippen LogP contribution in [-0.4, -0.2) is 41.0 Å². The maximum absolute atomic E-state index is 13.8. The molecule has 158 valence electrons. The molecule has 2 aromatic rings. The van der Waals surface area contributed by atoms with E-state index in [1.54, 1.807) is 17.5 Å². The summed E-state index contributed by atoms with van der Waals surface area (Å²) in [6.07, 6.45) is 1.27. The molecule has 0 aliphatic carbocycles. The molecule has 2 heterocycles. The summed E-state index contributed by atoms with van der Waals surface area (Å²) in [7, 11) is 0. The van der Waals surface area contributed by atoms with Gasteiger partial charge in [-0.1, -0.05) is 6.07 Å². The number of thiophene rings is 1. The van der Waals surface area contributed by atoms with Crippen molar-refractivity contribution in [2.75, 3.05) is 13.1 Å². The van der Waals surface area contributed by atoms with E-state index in [1.807, 2.05) is 0 Å². The van der Waals surface area contributed by atoms with E-state index in [0.29, 0.717) is 24.0 Å². The van der Waals surface area contributed by atoms with E-state index in [-0.39, 0.29) is 42.6 Å². The topological polar surface area (TPSA) is 66.6 Å². The average Bonchev–Trinajstić information content (AvgIpc) is 3.20. The highest BCUT2D eigenvalue weighted by Gasteiger charge is 2.30. The van der Waals surface area contributed by atoms with Crippen LogP contribution in [0.5, 0.6) is 0 Å². The molecule has 0 saturated carbocycles. The third-order valence-electron chi connectivity index (χ3n) is 4.54. The maximum atomic E-state index is 13.8. The molecular formula is C19H21ClF3N3O2S. The van der Waals surface area contributed by atoms with Gasteiger partial charge < -0.3 is 5.73 Å². The number of halogens is 4. The fraction of sp³-hybridized carbons (Fsp3) is 0.368. The Morgan fingerprint density at radius 3 is 2.38 bits per heavy atom. The van der Waals surface area contributed by atoms with Gasteiger partial charge in [0, 0.05) is 31.6 Å². The van der Waals surface area contributed by atoms with Gasteiger partial charge >= 0.3 is 0 Å². The largest absolute Gasteiger partial charge is 0.327 e. The Kier molecular flexibility index (Phi) is 8.06. The van der Waals surface area contributed by atoms with Gasteiger partial charge in [0.25, 0.3) is 5.91 Å². The van der Waals surface area contributed by atoms with Crippen LogP contribution in [0.15, 0.2) is 29.6 Å². The van der Waals surface area contributed by atoms with Crippen LogP contribution in [0, 0.1) is 17.5 Å². The van der Waals surface area contributed by atoms with Crippen LogP contribution in [0.3, 0.4) is 0 Å². The molecule has 5 nitrogen and oxygen atoms in total. The Labute approximate surface area is 176 Å². The standard InChI is InChI=1S/C19H20F3N3O2S.ClH/c20-14-11-16(22)15(21)9-12(14)8-13(23)10-18(26)24-5-1-2-6-25(24)19(27)17-4-3-7-28-17;/h3-4,7,9,11,13H,1-2,5-6,8,10,23H2;1H/t13-;/m1./s1.